The van der Waals surface area contributed by atoms with Crippen molar-refractivity contribution < 1.29 is 52.7 Å². The summed E-state index contributed by atoms with van der Waals surface area (Å²) in [5.41, 5.74) is -7.69. The fraction of sp³-hybridized carbons (Fsp3) is 0.125. The zero-order valence-electron chi connectivity index (χ0n) is 24.3. The summed E-state index contributed by atoms with van der Waals surface area (Å²) in [6.07, 6.45) is -20.7. The second kappa shape index (κ2) is 10.9. The number of fused-ring (bicyclic) bond motifs is 8. The summed E-state index contributed by atoms with van der Waals surface area (Å²) in [7, 11) is 0. The molecular formula is C32H14F12N6. The van der Waals surface area contributed by atoms with E-state index in [1.54, 1.807) is 0 Å². The minimum Gasteiger partial charge on any atom is -0.212 e. The minimum absolute atomic E-state index is 0.0457. The number of alkyl halides is 12. The van der Waals surface area contributed by atoms with Crippen LogP contribution in [0.25, 0.3) is 56.4 Å². The van der Waals surface area contributed by atoms with Crippen LogP contribution in [0, 0.1) is 0 Å². The van der Waals surface area contributed by atoms with E-state index < -0.39 is 58.3 Å². The maximum absolute atomic E-state index is 13.8. The number of aromatic nitrogens is 6. The Morgan fingerprint density at radius 3 is 0.940 bits per heavy atom. The van der Waals surface area contributed by atoms with Crippen LogP contribution >= 0.6 is 0 Å². The van der Waals surface area contributed by atoms with E-state index in [0.717, 1.165) is 9.36 Å². The van der Waals surface area contributed by atoms with Crippen LogP contribution in [0.2, 0.25) is 0 Å². The lowest BCUT2D eigenvalue weighted by atomic mass is 9.89. The van der Waals surface area contributed by atoms with E-state index in [1.165, 1.54) is 48.5 Å². The Bertz CT molecular complexity index is 2070. The Kier molecular flexibility index (Phi) is 7.17. The highest BCUT2D eigenvalue weighted by molar-refractivity contribution is 5.99. The minimum atomic E-state index is -5.18. The Labute approximate surface area is 271 Å². The van der Waals surface area contributed by atoms with Crippen LogP contribution in [0.4, 0.5) is 52.7 Å². The van der Waals surface area contributed by atoms with Gasteiger partial charge in [-0.2, -0.15) is 52.7 Å². The predicted molar refractivity (Wildman–Crippen MR) is 152 cm³/mol. The summed E-state index contributed by atoms with van der Waals surface area (Å²) < 4.78 is 167. The van der Waals surface area contributed by atoms with Gasteiger partial charge in [-0.15, -0.1) is 10.2 Å². The van der Waals surface area contributed by atoms with Crippen LogP contribution in [0.1, 0.15) is 22.3 Å². The van der Waals surface area contributed by atoms with Crippen LogP contribution < -0.4 is 0 Å². The second-order valence-electron chi connectivity index (χ2n) is 11.0. The summed E-state index contributed by atoms with van der Waals surface area (Å²) in [5, 5.41) is 16.1. The number of hydrogen-bond acceptors (Lipinski definition) is 4. The van der Waals surface area contributed by atoms with E-state index in [2.05, 4.69) is 20.6 Å². The number of nitrogens with zero attached hydrogens (tertiary/aromatic N) is 6. The van der Waals surface area contributed by atoms with Crippen LogP contribution in [0.15, 0.2) is 84.9 Å². The molecule has 6 nitrogen and oxygen atoms in total. The van der Waals surface area contributed by atoms with Crippen LogP contribution in [-0.2, 0) is 24.7 Å². The Morgan fingerprint density at radius 1 is 0.380 bits per heavy atom. The van der Waals surface area contributed by atoms with Crippen LogP contribution in [-0.4, -0.2) is 30.0 Å². The van der Waals surface area contributed by atoms with E-state index in [9.17, 15) is 52.7 Å². The number of hydrogen-bond donors (Lipinski definition) is 0. The lowest BCUT2D eigenvalue weighted by molar-refractivity contribution is -0.144. The van der Waals surface area contributed by atoms with Gasteiger partial charge in [-0.25, -0.2) is 9.36 Å². The van der Waals surface area contributed by atoms with Crippen LogP contribution in [0.5, 0.6) is 0 Å². The van der Waals surface area contributed by atoms with Gasteiger partial charge in [-0.3, -0.25) is 0 Å². The average molecular weight is 710 g/mol. The molecule has 4 aromatic carbocycles. The zero-order chi connectivity index (χ0) is 36.0. The zero-order valence-corrected chi connectivity index (χ0v) is 24.3. The molecule has 18 heteroatoms. The smallest absolute Gasteiger partial charge is 0.212 e. The first kappa shape index (κ1) is 32.8. The Balaban J connectivity index is 1.54. The Hall–Kier alpha value is -5.68. The van der Waals surface area contributed by atoms with Crippen molar-refractivity contribution in [1.29, 1.82) is 0 Å². The first-order chi connectivity index (χ1) is 23.3. The summed E-state index contributed by atoms with van der Waals surface area (Å²) >= 11 is 0. The highest BCUT2D eigenvalue weighted by Crippen LogP contribution is 2.48. The van der Waals surface area contributed by atoms with Gasteiger partial charge in [-0.05, 0) is 36.4 Å². The van der Waals surface area contributed by atoms with Gasteiger partial charge >= 0.3 is 24.7 Å². The fourth-order valence-corrected chi connectivity index (χ4v) is 5.69. The quantitative estimate of drug-likeness (QED) is 0.168. The number of rotatable bonds is 2. The van der Waals surface area contributed by atoms with E-state index >= 15 is 0 Å². The lowest BCUT2D eigenvalue weighted by Gasteiger charge is -2.20. The highest BCUT2D eigenvalue weighted by atomic mass is 19.4. The third kappa shape index (κ3) is 5.53. The molecule has 1 aliphatic carbocycles. The second-order valence-corrected chi connectivity index (χ2v) is 11.0. The molecule has 0 saturated carbocycles. The molecule has 50 heavy (non-hydrogen) atoms. The molecule has 2 aromatic heterocycles. The van der Waals surface area contributed by atoms with Crippen molar-refractivity contribution in [2.45, 2.75) is 24.7 Å². The maximum atomic E-state index is 13.8. The largest absolute Gasteiger partial charge is 0.416 e. The summed E-state index contributed by atoms with van der Waals surface area (Å²) in [6, 6.07) is 13.4. The molecule has 1 aliphatic rings. The normalized spacial score (nSPS) is 13.2. The van der Waals surface area contributed by atoms with E-state index in [0.29, 0.717) is 24.3 Å². The lowest BCUT2D eigenvalue weighted by Crippen LogP contribution is -2.13. The molecule has 0 spiro atoms. The highest BCUT2D eigenvalue weighted by Gasteiger charge is 2.40. The van der Waals surface area contributed by atoms with Gasteiger partial charge in [0.1, 0.15) is 22.8 Å². The van der Waals surface area contributed by atoms with Crippen molar-refractivity contribution in [3.05, 3.63) is 107 Å². The monoisotopic (exact) mass is 710 g/mol. The van der Waals surface area contributed by atoms with Crippen molar-refractivity contribution in [3.8, 4) is 56.4 Å². The molecule has 6 aromatic rings. The molecule has 0 N–H and O–H groups in total. The molecule has 0 radical (unpaired) electrons. The predicted octanol–water partition coefficient (Wildman–Crippen LogP) is 9.90. The van der Waals surface area contributed by atoms with E-state index in [-0.39, 0.29) is 57.2 Å². The molecule has 0 aliphatic heterocycles. The molecule has 2 heterocycles. The third-order valence-corrected chi connectivity index (χ3v) is 7.85. The first-order valence-electron chi connectivity index (χ1n) is 14.0. The topological polar surface area (TPSA) is 61.4 Å². The van der Waals surface area contributed by atoms with Crippen molar-refractivity contribution in [2.24, 2.45) is 0 Å². The van der Waals surface area contributed by atoms with Crippen molar-refractivity contribution in [3.63, 3.8) is 0 Å². The van der Waals surface area contributed by atoms with Crippen molar-refractivity contribution in [1.82, 2.24) is 30.0 Å². The van der Waals surface area contributed by atoms with E-state index in [4.69, 9.17) is 0 Å². The van der Waals surface area contributed by atoms with E-state index in [1.807, 2.05) is 0 Å². The van der Waals surface area contributed by atoms with Crippen molar-refractivity contribution in [2.75, 3.05) is 0 Å². The molecule has 0 amide bonds. The van der Waals surface area contributed by atoms with Gasteiger partial charge in [-0.1, -0.05) is 59.0 Å². The maximum Gasteiger partial charge on any atom is 0.416 e. The molecular weight excluding hydrogens is 696 g/mol. The summed E-state index contributed by atoms with van der Waals surface area (Å²) in [4.78, 5) is 0. The molecule has 256 valence electrons. The molecule has 0 fully saturated rings. The molecule has 0 bridgehead atoms. The number of halogens is 12. The van der Waals surface area contributed by atoms with Gasteiger partial charge in [0.15, 0.2) is 0 Å². The van der Waals surface area contributed by atoms with Crippen molar-refractivity contribution >= 4 is 0 Å². The van der Waals surface area contributed by atoms with Gasteiger partial charge in [0.2, 0.25) is 0 Å². The molecule has 0 unspecified atom stereocenters. The Morgan fingerprint density at radius 2 is 0.660 bits per heavy atom. The molecule has 0 atom stereocenters. The summed E-state index contributed by atoms with van der Waals surface area (Å²) in [5.74, 6) is 0. The molecule has 0 saturated heterocycles. The van der Waals surface area contributed by atoms with Gasteiger partial charge in [0.05, 0.1) is 33.6 Å². The SMILES string of the molecule is FC(F)(F)c1cc(-n2nnc3c2-c2ccccc2-c2nnn(-c4cc(C(F)(F)F)cc(C(F)(F)F)c4)c2-c2ccccc2-3)cc(C(F)(F)F)c1. The van der Waals surface area contributed by atoms with Gasteiger partial charge in [0.25, 0.3) is 0 Å². The standard InChI is InChI=1S/C32H14F12N6/c33-29(34,35)15-9-16(30(36,37)38)12-19(11-15)49-27-23-7-3-1-5-21(23)25-28(24-8-4-2-6-22(24)26(27)46-48-49)50(47-45-25)20-13-17(31(39,40)41)10-18(14-20)32(42,43)44/h1-14H. The average Bonchev–Trinajstić information content (AvgIpc) is 3.67. The fourth-order valence-electron chi connectivity index (χ4n) is 5.69. The van der Waals surface area contributed by atoms with Gasteiger partial charge in [0, 0.05) is 22.3 Å². The number of benzene rings is 4. The molecule has 7 rings (SSSR count). The summed E-state index contributed by atoms with van der Waals surface area (Å²) in [6.45, 7) is 0. The first-order valence-corrected chi connectivity index (χ1v) is 14.0. The van der Waals surface area contributed by atoms with Gasteiger partial charge < -0.3 is 0 Å². The van der Waals surface area contributed by atoms with Crippen LogP contribution in [0.3, 0.4) is 0 Å². The third-order valence-electron chi connectivity index (χ3n) is 7.85.